The lowest BCUT2D eigenvalue weighted by molar-refractivity contribution is -0.0267. The van der Waals surface area contributed by atoms with E-state index >= 15 is 0 Å². The standard InChI is InChI=1S/C11H22O4/c1-3-4-12-5-6-13-7-10(2)14-8-11-9-15-11/h10-11H,3-9H2,1-2H3. The predicted molar refractivity (Wildman–Crippen MR) is 57.1 cm³/mol. The largest absolute Gasteiger partial charge is 0.379 e. The van der Waals surface area contributed by atoms with Crippen molar-refractivity contribution >= 4 is 0 Å². The second-order valence-electron chi connectivity index (χ2n) is 3.79. The molecule has 0 aromatic heterocycles. The summed E-state index contributed by atoms with van der Waals surface area (Å²) >= 11 is 0. The lowest BCUT2D eigenvalue weighted by atomic mass is 10.4. The molecule has 0 saturated carbocycles. The summed E-state index contributed by atoms with van der Waals surface area (Å²) in [7, 11) is 0. The fourth-order valence-electron chi connectivity index (χ4n) is 1.10. The first-order valence-electron chi connectivity index (χ1n) is 5.71. The van der Waals surface area contributed by atoms with Crippen molar-refractivity contribution in [1.82, 2.24) is 0 Å². The van der Waals surface area contributed by atoms with E-state index < -0.39 is 0 Å². The maximum absolute atomic E-state index is 5.50. The highest BCUT2D eigenvalue weighted by atomic mass is 16.6. The van der Waals surface area contributed by atoms with E-state index in [0.717, 1.165) is 19.6 Å². The van der Waals surface area contributed by atoms with E-state index in [0.29, 0.717) is 32.5 Å². The SMILES string of the molecule is CCCOCCOCC(C)OCC1CO1. The van der Waals surface area contributed by atoms with Crippen molar-refractivity contribution in [3.05, 3.63) is 0 Å². The van der Waals surface area contributed by atoms with Gasteiger partial charge in [-0.3, -0.25) is 0 Å². The number of rotatable bonds is 10. The van der Waals surface area contributed by atoms with Crippen LogP contribution in [0.5, 0.6) is 0 Å². The average Bonchev–Trinajstić information content (AvgIpc) is 3.04. The zero-order chi connectivity index (χ0) is 10.9. The Morgan fingerprint density at radius 1 is 1.27 bits per heavy atom. The highest BCUT2D eigenvalue weighted by Gasteiger charge is 2.23. The molecule has 15 heavy (non-hydrogen) atoms. The van der Waals surface area contributed by atoms with Crippen molar-refractivity contribution in [2.45, 2.75) is 32.5 Å². The Morgan fingerprint density at radius 3 is 2.67 bits per heavy atom. The van der Waals surface area contributed by atoms with Crippen LogP contribution in [0.3, 0.4) is 0 Å². The van der Waals surface area contributed by atoms with E-state index in [9.17, 15) is 0 Å². The third kappa shape index (κ3) is 7.73. The Bertz CT molecular complexity index is 148. The Labute approximate surface area is 91.8 Å². The molecule has 4 nitrogen and oxygen atoms in total. The summed E-state index contributed by atoms with van der Waals surface area (Å²) < 4.78 is 21.2. The summed E-state index contributed by atoms with van der Waals surface area (Å²) in [6.45, 7) is 8.40. The number of hydrogen-bond donors (Lipinski definition) is 0. The van der Waals surface area contributed by atoms with Gasteiger partial charge in [0.15, 0.2) is 0 Å². The van der Waals surface area contributed by atoms with Crippen LogP contribution in [-0.2, 0) is 18.9 Å². The van der Waals surface area contributed by atoms with Crippen LogP contribution in [0.15, 0.2) is 0 Å². The van der Waals surface area contributed by atoms with Gasteiger partial charge in [0.1, 0.15) is 6.10 Å². The molecule has 2 atom stereocenters. The van der Waals surface area contributed by atoms with Crippen LogP contribution in [0.1, 0.15) is 20.3 Å². The molecular weight excluding hydrogens is 196 g/mol. The molecule has 0 spiro atoms. The molecule has 0 radical (unpaired) electrons. The highest BCUT2D eigenvalue weighted by molar-refractivity contribution is 4.68. The molecule has 0 N–H and O–H groups in total. The molecule has 4 heteroatoms. The van der Waals surface area contributed by atoms with Crippen LogP contribution in [-0.4, -0.2) is 51.8 Å². The minimum atomic E-state index is 0.139. The van der Waals surface area contributed by atoms with Crippen LogP contribution < -0.4 is 0 Å². The maximum atomic E-state index is 5.50. The molecule has 0 aromatic rings. The van der Waals surface area contributed by atoms with E-state index in [1.54, 1.807) is 0 Å². The lowest BCUT2D eigenvalue weighted by Crippen LogP contribution is -2.20. The van der Waals surface area contributed by atoms with Crippen molar-refractivity contribution in [3.63, 3.8) is 0 Å². The van der Waals surface area contributed by atoms with E-state index in [-0.39, 0.29) is 6.10 Å². The molecule has 1 heterocycles. The molecule has 0 amide bonds. The predicted octanol–water partition coefficient (Wildman–Crippen LogP) is 1.23. The van der Waals surface area contributed by atoms with Crippen LogP contribution in [0, 0.1) is 0 Å². The normalized spacial score (nSPS) is 21.6. The molecular formula is C11H22O4. The molecule has 0 bridgehead atoms. The summed E-state index contributed by atoms with van der Waals surface area (Å²) in [6, 6.07) is 0. The minimum Gasteiger partial charge on any atom is -0.379 e. The van der Waals surface area contributed by atoms with Gasteiger partial charge in [-0.2, -0.15) is 0 Å². The highest BCUT2D eigenvalue weighted by Crippen LogP contribution is 2.09. The molecule has 0 aromatic carbocycles. The van der Waals surface area contributed by atoms with Gasteiger partial charge >= 0.3 is 0 Å². The Kier molecular flexibility index (Phi) is 6.92. The number of epoxide rings is 1. The molecule has 1 aliphatic rings. The topological polar surface area (TPSA) is 40.2 Å². The second-order valence-corrected chi connectivity index (χ2v) is 3.79. The first-order chi connectivity index (χ1) is 7.33. The van der Waals surface area contributed by atoms with Crippen LogP contribution in [0.2, 0.25) is 0 Å². The lowest BCUT2D eigenvalue weighted by Gasteiger charge is -2.12. The van der Waals surface area contributed by atoms with Gasteiger partial charge in [-0.05, 0) is 13.3 Å². The third-order valence-electron chi connectivity index (χ3n) is 2.04. The van der Waals surface area contributed by atoms with Crippen molar-refractivity contribution < 1.29 is 18.9 Å². The molecule has 1 rings (SSSR count). The van der Waals surface area contributed by atoms with Crippen LogP contribution in [0.4, 0.5) is 0 Å². The summed E-state index contributed by atoms with van der Waals surface area (Å²) in [5.41, 5.74) is 0. The smallest absolute Gasteiger partial charge is 0.104 e. The van der Waals surface area contributed by atoms with Crippen molar-refractivity contribution in [2.24, 2.45) is 0 Å². The molecule has 0 aliphatic carbocycles. The summed E-state index contributed by atoms with van der Waals surface area (Å²) in [4.78, 5) is 0. The summed E-state index contributed by atoms with van der Waals surface area (Å²) in [6.07, 6.45) is 1.53. The van der Waals surface area contributed by atoms with E-state index in [2.05, 4.69) is 6.92 Å². The minimum absolute atomic E-state index is 0.139. The zero-order valence-corrected chi connectivity index (χ0v) is 9.74. The van der Waals surface area contributed by atoms with Gasteiger partial charge in [-0.1, -0.05) is 6.92 Å². The number of hydrogen-bond acceptors (Lipinski definition) is 4. The summed E-state index contributed by atoms with van der Waals surface area (Å²) in [5.74, 6) is 0. The summed E-state index contributed by atoms with van der Waals surface area (Å²) in [5, 5.41) is 0. The van der Waals surface area contributed by atoms with Gasteiger partial charge < -0.3 is 18.9 Å². The van der Waals surface area contributed by atoms with Gasteiger partial charge in [0.05, 0.1) is 39.1 Å². The average molecular weight is 218 g/mol. The fraction of sp³-hybridized carbons (Fsp3) is 1.00. The van der Waals surface area contributed by atoms with E-state index in [1.807, 2.05) is 6.92 Å². The van der Waals surface area contributed by atoms with Crippen molar-refractivity contribution in [1.29, 1.82) is 0 Å². The van der Waals surface area contributed by atoms with Crippen LogP contribution >= 0.6 is 0 Å². The quantitative estimate of drug-likeness (QED) is 0.408. The van der Waals surface area contributed by atoms with Gasteiger partial charge in [0, 0.05) is 6.61 Å². The second kappa shape index (κ2) is 8.05. The Morgan fingerprint density at radius 2 is 2.00 bits per heavy atom. The zero-order valence-electron chi connectivity index (χ0n) is 9.74. The molecule has 1 aliphatic heterocycles. The monoisotopic (exact) mass is 218 g/mol. The first-order valence-corrected chi connectivity index (χ1v) is 5.71. The van der Waals surface area contributed by atoms with E-state index in [1.165, 1.54) is 0 Å². The van der Waals surface area contributed by atoms with Crippen LogP contribution in [0.25, 0.3) is 0 Å². The van der Waals surface area contributed by atoms with Gasteiger partial charge in [-0.25, -0.2) is 0 Å². The van der Waals surface area contributed by atoms with Crippen molar-refractivity contribution in [2.75, 3.05) is 39.6 Å². The first kappa shape index (κ1) is 12.9. The molecule has 1 saturated heterocycles. The fourth-order valence-corrected chi connectivity index (χ4v) is 1.10. The number of ether oxygens (including phenoxy) is 4. The Hall–Kier alpha value is -0.160. The van der Waals surface area contributed by atoms with Gasteiger partial charge in [-0.15, -0.1) is 0 Å². The van der Waals surface area contributed by atoms with E-state index in [4.69, 9.17) is 18.9 Å². The van der Waals surface area contributed by atoms with Crippen molar-refractivity contribution in [3.8, 4) is 0 Å². The molecule has 1 fully saturated rings. The molecule has 2 unspecified atom stereocenters. The van der Waals surface area contributed by atoms with Gasteiger partial charge in [0.25, 0.3) is 0 Å². The van der Waals surface area contributed by atoms with Gasteiger partial charge in [0.2, 0.25) is 0 Å². The third-order valence-corrected chi connectivity index (χ3v) is 2.04. The maximum Gasteiger partial charge on any atom is 0.104 e. The Balaban J connectivity index is 1.77. The molecule has 90 valence electrons.